The van der Waals surface area contributed by atoms with Crippen molar-refractivity contribution in [1.29, 1.82) is 0 Å². The molecule has 0 aliphatic heterocycles. The Hall–Kier alpha value is -0.920. The Balaban J connectivity index is 1.96. The number of rotatable bonds is 4. The smallest absolute Gasteiger partial charge is 0.277 e. The van der Waals surface area contributed by atoms with E-state index in [0.717, 1.165) is 16.5 Å². The maximum absolute atomic E-state index is 5.38. The number of thiazole rings is 1. The van der Waals surface area contributed by atoms with Gasteiger partial charge in [0.15, 0.2) is 0 Å². The van der Waals surface area contributed by atoms with Crippen LogP contribution in [0.15, 0.2) is 9.64 Å². The van der Waals surface area contributed by atoms with Crippen LogP contribution in [-0.4, -0.2) is 15.2 Å². The SMILES string of the molecule is Cc1nc(CSc2nnc(CN)o2)sc1C. The minimum atomic E-state index is 0.281. The summed E-state index contributed by atoms with van der Waals surface area (Å²) in [5, 5.41) is 9.29. The third kappa shape index (κ3) is 2.60. The number of thioether (sulfide) groups is 1. The van der Waals surface area contributed by atoms with Crippen LogP contribution < -0.4 is 5.73 Å². The maximum Gasteiger partial charge on any atom is 0.277 e. The summed E-state index contributed by atoms with van der Waals surface area (Å²) in [7, 11) is 0. The van der Waals surface area contributed by atoms with Crippen LogP contribution in [0, 0.1) is 13.8 Å². The van der Waals surface area contributed by atoms with Gasteiger partial charge >= 0.3 is 0 Å². The molecule has 0 atom stereocenters. The minimum Gasteiger partial charge on any atom is -0.415 e. The first-order valence-electron chi connectivity index (χ1n) is 4.77. The van der Waals surface area contributed by atoms with Crippen LogP contribution >= 0.6 is 23.1 Å². The lowest BCUT2D eigenvalue weighted by molar-refractivity contribution is 0.415. The Morgan fingerprint density at radius 1 is 1.38 bits per heavy atom. The van der Waals surface area contributed by atoms with Crippen molar-refractivity contribution in [3.05, 3.63) is 21.5 Å². The van der Waals surface area contributed by atoms with Crippen molar-refractivity contribution in [1.82, 2.24) is 15.2 Å². The largest absolute Gasteiger partial charge is 0.415 e. The molecule has 7 heteroatoms. The summed E-state index contributed by atoms with van der Waals surface area (Å²) in [6.45, 7) is 4.36. The molecule has 86 valence electrons. The molecular weight excluding hydrogens is 244 g/mol. The van der Waals surface area contributed by atoms with Gasteiger partial charge in [0.1, 0.15) is 5.01 Å². The van der Waals surface area contributed by atoms with Crippen molar-refractivity contribution < 1.29 is 4.42 Å². The zero-order chi connectivity index (χ0) is 11.5. The van der Waals surface area contributed by atoms with Gasteiger partial charge in [-0.3, -0.25) is 0 Å². The van der Waals surface area contributed by atoms with Crippen LogP contribution in [0.2, 0.25) is 0 Å². The Bertz CT molecular complexity index is 460. The average Bonchev–Trinajstić information content (AvgIpc) is 2.84. The van der Waals surface area contributed by atoms with E-state index in [2.05, 4.69) is 22.1 Å². The zero-order valence-electron chi connectivity index (χ0n) is 9.06. The summed E-state index contributed by atoms with van der Waals surface area (Å²) < 4.78 is 5.28. The molecule has 0 aliphatic carbocycles. The van der Waals surface area contributed by atoms with Crippen molar-refractivity contribution >= 4 is 23.1 Å². The van der Waals surface area contributed by atoms with Gasteiger partial charge in [0, 0.05) is 4.88 Å². The lowest BCUT2D eigenvalue weighted by atomic mass is 10.4. The van der Waals surface area contributed by atoms with E-state index in [1.165, 1.54) is 16.6 Å². The summed E-state index contributed by atoms with van der Waals surface area (Å²) >= 11 is 3.18. The highest BCUT2D eigenvalue weighted by molar-refractivity contribution is 7.98. The van der Waals surface area contributed by atoms with Gasteiger partial charge in [-0.2, -0.15) is 0 Å². The topological polar surface area (TPSA) is 77.8 Å². The normalized spacial score (nSPS) is 10.9. The molecule has 0 saturated carbocycles. The van der Waals surface area contributed by atoms with Gasteiger partial charge in [-0.15, -0.1) is 21.5 Å². The summed E-state index contributed by atoms with van der Waals surface area (Å²) in [5.74, 6) is 1.22. The fourth-order valence-electron chi connectivity index (χ4n) is 1.10. The highest BCUT2D eigenvalue weighted by atomic mass is 32.2. The van der Waals surface area contributed by atoms with E-state index < -0.39 is 0 Å². The van der Waals surface area contributed by atoms with Crippen molar-refractivity contribution in [2.24, 2.45) is 5.73 Å². The molecule has 0 aliphatic rings. The average molecular weight is 256 g/mol. The number of aromatic nitrogens is 3. The molecule has 2 N–H and O–H groups in total. The second-order valence-corrected chi connectivity index (χ2v) is 5.42. The Morgan fingerprint density at radius 3 is 2.75 bits per heavy atom. The van der Waals surface area contributed by atoms with E-state index >= 15 is 0 Å². The lowest BCUT2D eigenvalue weighted by Crippen LogP contribution is -1.95. The van der Waals surface area contributed by atoms with E-state index in [-0.39, 0.29) is 6.54 Å². The third-order valence-corrected chi connectivity index (χ3v) is 4.10. The van der Waals surface area contributed by atoms with Crippen molar-refractivity contribution in [2.75, 3.05) is 0 Å². The Kier molecular flexibility index (Phi) is 3.57. The fraction of sp³-hybridized carbons (Fsp3) is 0.444. The Labute approximate surface area is 101 Å². The van der Waals surface area contributed by atoms with E-state index in [9.17, 15) is 0 Å². The highest BCUT2D eigenvalue weighted by Gasteiger charge is 2.08. The van der Waals surface area contributed by atoms with Crippen molar-refractivity contribution in [2.45, 2.75) is 31.4 Å². The van der Waals surface area contributed by atoms with Gasteiger partial charge in [-0.25, -0.2) is 4.98 Å². The molecule has 0 spiro atoms. The van der Waals surface area contributed by atoms with E-state index in [4.69, 9.17) is 10.2 Å². The van der Waals surface area contributed by atoms with Crippen LogP contribution in [0.5, 0.6) is 0 Å². The third-order valence-electron chi connectivity index (χ3n) is 2.01. The van der Waals surface area contributed by atoms with E-state index in [1.54, 1.807) is 11.3 Å². The molecule has 0 amide bonds. The molecule has 2 aromatic heterocycles. The molecule has 0 unspecified atom stereocenters. The quantitative estimate of drug-likeness (QED) is 0.842. The van der Waals surface area contributed by atoms with Crippen molar-refractivity contribution in [3.8, 4) is 0 Å². The van der Waals surface area contributed by atoms with Crippen LogP contribution in [0.1, 0.15) is 21.5 Å². The van der Waals surface area contributed by atoms with Crippen molar-refractivity contribution in [3.63, 3.8) is 0 Å². The molecule has 2 rings (SSSR count). The van der Waals surface area contributed by atoms with E-state index in [0.29, 0.717) is 11.1 Å². The predicted octanol–water partition coefficient (Wildman–Crippen LogP) is 1.89. The second-order valence-electron chi connectivity index (χ2n) is 3.20. The predicted molar refractivity (Wildman–Crippen MR) is 63.3 cm³/mol. The summed E-state index contributed by atoms with van der Waals surface area (Å²) in [5.41, 5.74) is 6.47. The monoisotopic (exact) mass is 256 g/mol. The first-order chi connectivity index (χ1) is 7.69. The number of aryl methyl sites for hydroxylation is 2. The molecule has 2 aromatic rings. The van der Waals surface area contributed by atoms with Crippen LogP contribution in [0.3, 0.4) is 0 Å². The molecule has 0 bridgehead atoms. The lowest BCUT2D eigenvalue weighted by Gasteiger charge is -1.90. The Morgan fingerprint density at radius 2 is 2.19 bits per heavy atom. The second kappa shape index (κ2) is 4.94. The first kappa shape index (κ1) is 11.6. The van der Waals surface area contributed by atoms with Crippen LogP contribution in [0.4, 0.5) is 0 Å². The standard InChI is InChI=1S/C9H12N4OS2/c1-5-6(2)16-8(11-5)4-15-9-13-12-7(3-10)14-9/h3-4,10H2,1-2H3. The van der Waals surface area contributed by atoms with Gasteiger partial charge in [0.05, 0.1) is 18.0 Å². The molecule has 0 aromatic carbocycles. The number of hydrogen-bond donors (Lipinski definition) is 1. The van der Waals surface area contributed by atoms with Crippen LogP contribution in [0.25, 0.3) is 0 Å². The van der Waals surface area contributed by atoms with Gasteiger partial charge in [-0.05, 0) is 13.8 Å². The van der Waals surface area contributed by atoms with Crippen LogP contribution in [-0.2, 0) is 12.3 Å². The molecular formula is C9H12N4OS2. The first-order valence-corrected chi connectivity index (χ1v) is 6.57. The maximum atomic E-state index is 5.38. The summed E-state index contributed by atoms with van der Waals surface area (Å²) in [6, 6.07) is 0. The summed E-state index contributed by atoms with van der Waals surface area (Å²) in [6.07, 6.45) is 0. The molecule has 16 heavy (non-hydrogen) atoms. The number of hydrogen-bond acceptors (Lipinski definition) is 7. The van der Waals surface area contributed by atoms with Gasteiger partial charge < -0.3 is 10.2 Å². The molecule has 0 fully saturated rings. The van der Waals surface area contributed by atoms with Gasteiger partial charge in [0.25, 0.3) is 5.22 Å². The fourth-order valence-corrected chi connectivity index (χ4v) is 2.81. The molecule has 2 heterocycles. The van der Waals surface area contributed by atoms with Gasteiger partial charge in [-0.1, -0.05) is 11.8 Å². The van der Waals surface area contributed by atoms with Gasteiger partial charge in [0.2, 0.25) is 5.89 Å². The number of nitrogens with zero attached hydrogens (tertiary/aromatic N) is 3. The van der Waals surface area contributed by atoms with E-state index in [1.807, 2.05) is 6.92 Å². The highest BCUT2D eigenvalue weighted by Crippen LogP contribution is 2.25. The molecule has 0 radical (unpaired) electrons. The molecule has 0 saturated heterocycles. The number of nitrogens with two attached hydrogens (primary N) is 1. The summed E-state index contributed by atoms with van der Waals surface area (Å²) in [4.78, 5) is 5.69. The molecule has 5 nitrogen and oxygen atoms in total. The zero-order valence-corrected chi connectivity index (χ0v) is 10.7. The minimum absolute atomic E-state index is 0.281.